The maximum Gasteiger partial charge on any atom is 0.321 e. The summed E-state index contributed by atoms with van der Waals surface area (Å²) in [6.07, 6.45) is 0.886. The van der Waals surface area contributed by atoms with Crippen LogP contribution in [0.15, 0.2) is 0 Å². The van der Waals surface area contributed by atoms with Crippen LogP contribution in [0.4, 0.5) is 0 Å². The van der Waals surface area contributed by atoms with Gasteiger partial charge in [0.05, 0.1) is 6.61 Å². The number of hydrogen-bond donors (Lipinski definition) is 4. The van der Waals surface area contributed by atoms with Crippen molar-refractivity contribution in [2.45, 2.75) is 19.4 Å². The molecule has 0 aliphatic rings. The lowest BCUT2D eigenvalue weighted by molar-refractivity contribution is 0.226. The third kappa shape index (κ3) is 12.4. The van der Waals surface area contributed by atoms with Crippen molar-refractivity contribution in [1.82, 2.24) is 5.32 Å². The van der Waals surface area contributed by atoms with Gasteiger partial charge in [0.2, 0.25) is 0 Å². The van der Waals surface area contributed by atoms with Gasteiger partial charge >= 0.3 is 6.72 Å². The normalized spacial score (nSPS) is 13.4. The summed E-state index contributed by atoms with van der Waals surface area (Å²) in [6, 6.07) is 0.0492. The molecule has 1 atom stereocenters. The van der Waals surface area contributed by atoms with Crippen molar-refractivity contribution in [1.29, 1.82) is 0 Å². The molecule has 6 nitrogen and oxygen atoms in total. The summed E-state index contributed by atoms with van der Waals surface area (Å²) in [6.45, 7) is 0.0196. The molecule has 7 N–H and O–H groups in total. The van der Waals surface area contributed by atoms with Crippen molar-refractivity contribution >= 4 is 18.5 Å². The van der Waals surface area contributed by atoms with Crippen molar-refractivity contribution < 1.29 is 19.8 Å². The Morgan fingerprint density at radius 1 is 1.57 bits per heavy atom. The highest BCUT2D eigenvalue weighted by Gasteiger charge is 2.10. The Labute approximate surface area is 89.0 Å². The molecule has 0 fully saturated rings. The minimum absolute atomic E-state index is 0. The van der Waals surface area contributed by atoms with E-state index in [2.05, 4.69) is 21.6 Å². The van der Waals surface area contributed by atoms with Gasteiger partial charge in [0, 0.05) is 6.04 Å². The lowest BCUT2D eigenvalue weighted by Crippen LogP contribution is -2.31. The van der Waals surface area contributed by atoms with Crippen LogP contribution in [0.25, 0.3) is 0 Å². The number of rotatable bonds is 7. The van der Waals surface area contributed by atoms with Crippen LogP contribution in [-0.4, -0.2) is 41.0 Å². The van der Waals surface area contributed by atoms with Crippen LogP contribution in [0.2, 0.25) is 0 Å². The molecular formula is C6H19N2O4PS. The average Bonchev–Trinajstić information content (AvgIpc) is 2.00. The number of nitrogens with one attached hydrogen (secondary N) is 1. The second-order valence-corrected chi connectivity index (χ2v) is 5.45. The highest BCUT2D eigenvalue weighted by atomic mass is 32.5. The summed E-state index contributed by atoms with van der Waals surface area (Å²) in [7, 11) is 0. The Hall–Kier alpha value is 0.410. The van der Waals surface area contributed by atoms with Crippen molar-refractivity contribution in [2.24, 2.45) is 5.73 Å². The van der Waals surface area contributed by atoms with Gasteiger partial charge in [-0.05, 0) is 38.2 Å². The van der Waals surface area contributed by atoms with E-state index >= 15 is 0 Å². The Balaban J connectivity index is 0. The van der Waals surface area contributed by atoms with E-state index in [4.69, 9.17) is 15.5 Å². The van der Waals surface area contributed by atoms with E-state index in [1.807, 2.05) is 6.92 Å². The molecule has 0 aliphatic carbocycles. The smallest absolute Gasteiger partial charge is 0.321 e. The molecule has 0 bridgehead atoms. The molecular weight excluding hydrogens is 227 g/mol. The molecule has 8 heteroatoms. The van der Waals surface area contributed by atoms with Crippen LogP contribution in [0.5, 0.6) is 0 Å². The monoisotopic (exact) mass is 246 g/mol. The van der Waals surface area contributed by atoms with E-state index in [-0.39, 0.29) is 18.1 Å². The van der Waals surface area contributed by atoms with Gasteiger partial charge < -0.3 is 30.8 Å². The Kier molecular flexibility index (Phi) is 10.5. The van der Waals surface area contributed by atoms with Gasteiger partial charge in [-0.3, -0.25) is 0 Å². The lowest BCUT2D eigenvalue weighted by Gasteiger charge is -2.15. The molecule has 0 aromatic rings. The third-order valence-corrected chi connectivity index (χ3v) is 2.17. The van der Waals surface area contributed by atoms with Gasteiger partial charge in [-0.15, -0.1) is 0 Å². The minimum atomic E-state index is -3.49. The first kappa shape index (κ1) is 16.8. The molecule has 88 valence electrons. The topological polar surface area (TPSA) is 119 Å². The molecule has 14 heavy (non-hydrogen) atoms. The molecule has 0 unspecified atom stereocenters. The fourth-order valence-electron chi connectivity index (χ4n) is 0.718. The van der Waals surface area contributed by atoms with Crippen LogP contribution in [0, 0.1) is 0 Å². The quantitative estimate of drug-likeness (QED) is 0.328. The minimum Gasteiger partial charge on any atom is -0.412 e. The first-order valence-corrected chi connectivity index (χ1v) is 6.72. The van der Waals surface area contributed by atoms with Crippen LogP contribution in [-0.2, 0) is 16.3 Å². The Morgan fingerprint density at radius 2 is 2.14 bits per heavy atom. The Morgan fingerprint density at radius 3 is 2.57 bits per heavy atom. The largest absolute Gasteiger partial charge is 0.412 e. The summed E-state index contributed by atoms with van der Waals surface area (Å²) in [5, 5.41) is 3.10. The van der Waals surface area contributed by atoms with Crippen LogP contribution in [0.3, 0.4) is 0 Å². The fourth-order valence-corrected chi connectivity index (χ4v) is 1.32. The molecule has 0 spiro atoms. The molecule has 0 saturated carbocycles. The molecule has 0 saturated heterocycles. The maximum atomic E-state index is 8.75. The van der Waals surface area contributed by atoms with Crippen molar-refractivity contribution in [3.05, 3.63) is 0 Å². The van der Waals surface area contributed by atoms with E-state index in [9.17, 15) is 0 Å². The van der Waals surface area contributed by atoms with Crippen LogP contribution in [0.1, 0.15) is 13.3 Å². The number of hydrogen-bond acceptors (Lipinski definition) is 4. The predicted octanol–water partition coefficient (Wildman–Crippen LogP) is -1.29. The van der Waals surface area contributed by atoms with E-state index in [1.54, 1.807) is 0 Å². The van der Waals surface area contributed by atoms with Gasteiger partial charge in [0.15, 0.2) is 0 Å². The van der Waals surface area contributed by atoms with Gasteiger partial charge in [-0.1, -0.05) is 0 Å². The van der Waals surface area contributed by atoms with Gasteiger partial charge in [-0.2, -0.15) is 0 Å². The van der Waals surface area contributed by atoms with Crippen molar-refractivity contribution in [2.75, 3.05) is 19.7 Å². The average molecular weight is 246 g/mol. The SMILES string of the molecule is C[C@@H](COP(O)(O)=S)NCCCN.O. The standard InChI is InChI=1S/C6H17N2O3PS.H2O/c1-6(8-4-2-3-7)5-11-12(9,10)13;/h6,8H,2-5,7H2,1H3,(H2,9,10,13);1H2/t6-;/m0./s1. The zero-order valence-corrected chi connectivity index (χ0v) is 9.85. The Bertz CT molecular complexity index is 177. The maximum absolute atomic E-state index is 8.75. The zero-order chi connectivity index (χ0) is 10.3. The van der Waals surface area contributed by atoms with Crippen molar-refractivity contribution in [3.63, 3.8) is 0 Å². The summed E-state index contributed by atoms with van der Waals surface area (Å²) in [5.74, 6) is 0. The van der Waals surface area contributed by atoms with Gasteiger partial charge in [0.25, 0.3) is 0 Å². The van der Waals surface area contributed by atoms with Crippen molar-refractivity contribution in [3.8, 4) is 0 Å². The van der Waals surface area contributed by atoms with E-state index in [1.165, 1.54) is 0 Å². The summed E-state index contributed by atoms with van der Waals surface area (Å²) in [4.78, 5) is 17.5. The first-order valence-electron chi connectivity index (χ1n) is 4.09. The van der Waals surface area contributed by atoms with E-state index in [0.29, 0.717) is 6.54 Å². The van der Waals surface area contributed by atoms with E-state index < -0.39 is 6.72 Å². The highest BCUT2D eigenvalue weighted by molar-refractivity contribution is 8.06. The first-order chi connectivity index (χ1) is 5.95. The molecule has 0 amide bonds. The molecule has 0 aromatic heterocycles. The molecule has 0 aliphatic heterocycles. The summed E-state index contributed by atoms with van der Waals surface area (Å²) < 4.78 is 4.67. The zero-order valence-electron chi connectivity index (χ0n) is 8.14. The predicted molar refractivity (Wildman–Crippen MR) is 59.4 cm³/mol. The summed E-state index contributed by atoms with van der Waals surface area (Å²) >= 11 is 4.29. The van der Waals surface area contributed by atoms with Crippen LogP contribution < -0.4 is 11.1 Å². The second-order valence-electron chi connectivity index (χ2n) is 2.78. The van der Waals surface area contributed by atoms with Gasteiger partial charge in [0.1, 0.15) is 0 Å². The summed E-state index contributed by atoms with van der Waals surface area (Å²) in [5.41, 5.74) is 5.30. The molecule has 0 heterocycles. The molecule has 0 rings (SSSR count). The number of nitrogens with two attached hydrogens (primary N) is 1. The molecule has 0 radical (unpaired) electrons. The molecule has 0 aromatic carbocycles. The lowest BCUT2D eigenvalue weighted by atomic mass is 10.3. The fraction of sp³-hybridized carbons (Fsp3) is 1.00. The highest BCUT2D eigenvalue weighted by Crippen LogP contribution is 2.36. The van der Waals surface area contributed by atoms with E-state index in [0.717, 1.165) is 13.0 Å². The van der Waals surface area contributed by atoms with Crippen LogP contribution >= 0.6 is 6.72 Å². The van der Waals surface area contributed by atoms with Gasteiger partial charge in [-0.25, -0.2) is 0 Å². The second kappa shape index (κ2) is 8.70. The third-order valence-electron chi connectivity index (χ3n) is 1.37.